The minimum Gasteiger partial charge on any atom is -0.470 e. The van der Waals surface area contributed by atoms with Crippen molar-refractivity contribution in [2.75, 3.05) is 6.54 Å². The molecular formula is C29H33N5O. The van der Waals surface area contributed by atoms with E-state index in [0.29, 0.717) is 19.0 Å². The maximum absolute atomic E-state index is 6.05. The Kier molecular flexibility index (Phi) is 10.1. The van der Waals surface area contributed by atoms with Crippen molar-refractivity contribution in [2.24, 2.45) is 0 Å². The van der Waals surface area contributed by atoms with Crippen molar-refractivity contribution in [3.63, 3.8) is 0 Å². The third kappa shape index (κ3) is 7.04. The van der Waals surface area contributed by atoms with Crippen LogP contribution < -0.4 is 10.1 Å². The van der Waals surface area contributed by atoms with Crippen molar-refractivity contribution < 1.29 is 4.74 Å². The first-order valence-corrected chi connectivity index (χ1v) is 12.0. The molecule has 0 fully saturated rings. The zero-order valence-electron chi connectivity index (χ0n) is 20.9. The number of ether oxygens (including phenoxy) is 1. The fourth-order valence-electron chi connectivity index (χ4n) is 3.56. The number of aromatic nitrogens is 4. The van der Waals surface area contributed by atoms with Gasteiger partial charge in [-0.15, -0.1) is 10.2 Å². The minimum atomic E-state index is 0.317. The lowest BCUT2D eigenvalue weighted by Gasteiger charge is -2.11. The molecule has 0 saturated heterocycles. The van der Waals surface area contributed by atoms with Crippen LogP contribution >= 0.6 is 0 Å². The fourth-order valence-corrected chi connectivity index (χ4v) is 3.56. The van der Waals surface area contributed by atoms with Crippen molar-refractivity contribution >= 4 is 10.8 Å². The van der Waals surface area contributed by atoms with E-state index in [9.17, 15) is 0 Å². The van der Waals surface area contributed by atoms with Gasteiger partial charge in [0.1, 0.15) is 12.3 Å². The molecule has 1 N–H and O–H groups in total. The molecule has 0 amide bonds. The Morgan fingerprint density at radius 1 is 0.914 bits per heavy atom. The van der Waals surface area contributed by atoms with Crippen LogP contribution in [0.15, 0.2) is 90.8 Å². The molecular weight excluding hydrogens is 434 g/mol. The lowest BCUT2D eigenvalue weighted by molar-refractivity contribution is 0.289. The van der Waals surface area contributed by atoms with E-state index < -0.39 is 0 Å². The van der Waals surface area contributed by atoms with E-state index in [4.69, 9.17) is 9.72 Å². The van der Waals surface area contributed by atoms with Gasteiger partial charge in [-0.2, -0.15) is 0 Å². The van der Waals surface area contributed by atoms with E-state index in [0.717, 1.165) is 40.0 Å². The van der Waals surface area contributed by atoms with Gasteiger partial charge < -0.3 is 10.1 Å². The van der Waals surface area contributed by atoms with Gasteiger partial charge in [-0.05, 0) is 49.8 Å². The molecule has 0 unspecified atom stereocenters. The molecule has 4 aromatic rings. The second-order valence-corrected chi connectivity index (χ2v) is 7.52. The van der Waals surface area contributed by atoms with Crippen LogP contribution in [0, 0.1) is 0 Å². The summed E-state index contributed by atoms with van der Waals surface area (Å²) in [6, 6.07) is 17.8. The number of fused-ring (bicyclic) bond motifs is 1. The molecule has 6 nitrogen and oxygen atoms in total. The zero-order valence-corrected chi connectivity index (χ0v) is 20.9. The molecule has 6 heteroatoms. The number of allylic oxidation sites excluding steroid dienone is 2. The van der Waals surface area contributed by atoms with Gasteiger partial charge in [0.05, 0.1) is 11.4 Å². The Balaban J connectivity index is 0.00000167. The first kappa shape index (κ1) is 25.7. The lowest BCUT2D eigenvalue weighted by Crippen LogP contribution is -2.17. The van der Waals surface area contributed by atoms with Crippen LogP contribution in [-0.2, 0) is 13.2 Å². The number of pyridine rings is 2. The predicted octanol–water partition coefficient (Wildman–Crippen LogP) is 6.30. The molecule has 0 aliphatic rings. The molecule has 0 spiro atoms. The summed E-state index contributed by atoms with van der Waals surface area (Å²) in [5, 5.41) is 14.1. The number of nitrogens with one attached hydrogen (secondary N) is 1. The largest absolute Gasteiger partial charge is 0.470 e. The predicted molar refractivity (Wildman–Crippen MR) is 143 cm³/mol. The smallest absolute Gasteiger partial charge is 0.241 e. The van der Waals surface area contributed by atoms with E-state index in [2.05, 4.69) is 32.7 Å². The molecule has 0 bridgehead atoms. The van der Waals surface area contributed by atoms with Gasteiger partial charge in [0, 0.05) is 41.8 Å². The molecule has 1 aromatic carbocycles. The Labute approximate surface area is 207 Å². The average Bonchev–Trinajstić information content (AvgIpc) is 2.93. The van der Waals surface area contributed by atoms with Gasteiger partial charge in [0.15, 0.2) is 0 Å². The Bertz CT molecular complexity index is 1270. The molecule has 0 atom stereocenters. The maximum atomic E-state index is 6.05. The second-order valence-electron chi connectivity index (χ2n) is 7.52. The van der Waals surface area contributed by atoms with Gasteiger partial charge >= 0.3 is 0 Å². The SMILES string of the molecule is C/C=C\C(=C/C)CNCc1cccc(COc2nnc(-c3cccnc3)c3ccccc23)n1.CC. The molecule has 0 saturated carbocycles. The fraction of sp³-hybridized carbons (Fsp3) is 0.241. The maximum Gasteiger partial charge on any atom is 0.241 e. The summed E-state index contributed by atoms with van der Waals surface area (Å²) >= 11 is 0. The van der Waals surface area contributed by atoms with E-state index in [1.807, 2.05) is 88.4 Å². The summed E-state index contributed by atoms with van der Waals surface area (Å²) in [6.45, 7) is 9.87. The van der Waals surface area contributed by atoms with E-state index >= 15 is 0 Å². The van der Waals surface area contributed by atoms with Gasteiger partial charge in [-0.3, -0.25) is 9.97 Å². The van der Waals surface area contributed by atoms with Gasteiger partial charge in [-0.1, -0.05) is 56.3 Å². The topological polar surface area (TPSA) is 72.8 Å². The lowest BCUT2D eigenvalue weighted by atomic mass is 10.1. The molecule has 3 heterocycles. The van der Waals surface area contributed by atoms with Crippen LogP contribution in [0.2, 0.25) is 0 Å². The Morgan fingerprint density at radius 2 is 1.71 bits per heavy atom. The standard InChI is InChI=1S/C27H27N5O.C2H6/c1-3-9-20(4-2)16-29-18-22-11-7-12-23(30-22)19-33-27-25-14-6-5-13-24(25)26(31-32-27)21-10-8-15-28-17-21;1-2/h3-15,17,29H,16,18-19H2,1-2H3;1-2H3/b9-3-,20-4+;. The number of nitrogens with zero attached hydrogens (tertiary/aromatic N) is 4. The monoisotopic (exact) mass is 467 g/mol. The summed E-state index contributed by atoms with van der Waals surface area (Å²) < 4.78 is 6.05. The highest BCUT2D eigenvalue weighted by atomic mass is 16.5. The highest BCUT2D eigenvalue weighted by Gasteiger charge is 2.12. The first-order chi connectivity index (χ1) is 17.3. The summed E-state index contributed by atoms with van der Waals surface area (Å²) in [5.41, 5.74) is 4.77. The molecule has 35 heavy (non-hydrogen) atoms. The third-order valence-corrected chi connectivity index (χ3v) is 5.20. The van der Waals surface area contributed by atoms with Gasteiger partial charge in [0.25, 0.3) is 0 Å². The summed E-state index contributed by atoms with van der Waals surface area (Å²) in [4.78, 5) is 8.92. The molecule has 0 aliphatic carbocycles. The molecule has 4 rings (SSSR count). The number of hydrogen-bond acceptors (Lipinski definition) is 6. The van der Waals surface area contributed by atoms with Crippen molar-refractivity contribution in [2.45, 2.75) is 40.8 Å². The molecule has 0 aliphatic heterocycles. The summed E-state index contributed by atoms with van der Waals surface area (Å²) in [5.74, 6) is 0.493. The highest BCUT2D eigenvalue weighted by molar-refractivity contribution is 5.96. The highest BCUT2D eigenvalue weighted by Crippen LogP contribution is 2.30. The van der Waals surface area contributed by atoms with Crippen LogP contribution in [0.4, 0.5) is 0 Å². The third-order valence-electron chi connectivity index (χ3n) is 5.20. The average molecular weight is 468 g/mol. The molecule has 3 aromatic heterocycles. The second kappa shape index (κ2) is 13.7. The van der Waals surface area contributed by atoms with Crippen molar-refractivity contribution in [1.82, 2.24) is 25.5 Å². The number of rotatable bonds is 9. The number of hydrogen-bond donors (Lipinski definition) is 1. The summed E-state index contributed by atoms with van der Waals surface area (Å²) in [6.07, 6.45) is 9.79. The molecule has 180 valence electrons. The number of benzene rings is 1. The van der Waals surface area contributed by atoms with Crippen molar-refractivity contribution in [3.05, 3.63) is 102 Å². The first-order valence-electron chi connectivity index (χ1n) is 12.0. The van der Waals surface area contributed by atoms with E-state index in [1.165, 1.54) is 5.57 Å². The van der Waals surface area contributed by atoms with Crippen LogP contribution in [0.25, 0.3) is 22.0 Å². The van der Waals surface area contributed by atoms with Crippen LogP contribution in [0.5, 0.6) is 5.88 Å². The quantitative estimate of drug-likeness (QED) is 0.291. The van der Waals surface area contributed by atoms with Crippen LogP contribution in [0.1, 0.15) is 39.1 Å². The Hall–Kier alpha value is -3.90. The van der Waals surface area contributed by atoms with E-state index in [1.54, 1.807) is 12.4 Å². The van der Waals surface area contributed by atoms with Crippen molar-refractivity contribution in [1.29, 1.82) is 0 Å². The molecule has 0 radical (unpaired) electrons. The Morgan fingerprint density at radius 3 is 2.46 bits per heavy atom. The van der Waals surface area contributed by atoms with Gasteiger partial charge in [0.2, 0.25) is 5.88 Å². The minimum absolute atomic E-state index is 0.317. The van der Waals surface area contributed by atoms with Crippen LogP contribution in [-0.4, -0.2) is 26.7 Å². The summed E-state index contributed by atoms with van der Waals surface area (Å²) in [7, 11) is 0. The van der Waals surface area contributed by atoms with E-state index in [-0.39, 0.29) is 0 Å². The normalized spacial score (nSPS) is 11.4. The van der Waals surface area contributed by atoms with Crippen molar-refractivity contribution in [3.8, 4) is 17.1 Å². The van der Waals surface area contributed by atoms with Crippen LogP contribution in [0.3, 0.4) is 0 Å². The van der Waals surface area contributed by atoms with Gasteiger partial charge in [-0.25, -0.2) is 0 Å². The zero-order chi connectivity index (χ0) is 24.9.